The first-order valence-electron chi connectivity index (χ1n) is 20.3. The van der Waals surface area contributed by atoms with Gasteiger partial charge in [-0.3, -0.25) is 28.3 Å². The normalized spacial score (nSPS) is 11.9. The highest BCUT2D eigenvalue weighted by Crippen LogP contribution is 2.48. The van der Waals surface area contributed by atoms with Gasteiger partial charge in [0.25, 0.3) is 46.2 Å². The summed E-state index contributed by atoms with van der Waals surface area (Å²) >= 11 is 0. The number of carboxylic acid groups (broad SMARTS) is 1. The van der Waals surface area contributed by atoms with Gasteiger partial charge in [0.05, 0.1) is 38.6 Å². The van der Waals surface area contributed by atoms with E-state index in [2.05, 4.69) is 40.9 Å². The van der Waals surface area contributed by atoms with Gasteiger partial charge in [-0.1, -0.05) is 6.07 Å². The topological polar surface area (TPSA) is 617 Å². The number of carbonyl (C=O) groups is 1. The van der Waals surface area contributed by atoms with Crippen molar-refractivity contribution >= 4 is 157 Å². The van der Waals surface area contributed by atoms with E-state index in [1.54, 1.807) is 0 Å². The summed E-state index contributed by atoms with van der Waals surface area (Å²) in [7, 11) is -30.7. The Bertz CT molecular complexity index is 4700. The molecule has 0 aliphatic carbocycles. The number of aromatic hydroxyl groups is 2. The van der Waals surface area contributed by atoms with Crippen molar-refractivity contribution in [2.24, 2.45) is 40.9 Å². The highest BCUT2D eigenvalue weighted by molar-refractivity contribution is 7.87. The van der Waals surface area contributed by atoms with Crippen molar-refractivity contribution in [1.82, 2.24) is 0 Å². The molecule has 83 heavy (non-hydrogen) atoms. The van der Waals surface area contributed by atoms with Crippen molar-refractivity contribution in [2.45, 2.75) is 19.6 Å². The number of azo groups is 4. The second-order valence-corrected chi connectivity index (χ2v) is 21.6. The lowest BCUT2D eigenvalue weighted by Gasteiger charge is -2.13. The van der Waals surface area contributed by atoms with Crippen LogP contribution in [0.5, 0.6) is 11.5 Å². The van der Waals surface area contributed by atoms with Crippen molar-refractivity contribution in [3.8, 4) is 11.5 Å². The number of benzene rings is 7. The Morgan fingerprint density at radius 2 is 0.867 bits per heavy atom. The molecular weight excluding hydrogens is 1260 g/mol. The molecule has 7 aromatic carbocycles. The minimum Gasteiger partial charge on any atom is -0.505 e. The van der Waals surface area contributed by atoms with Crippen molar-refractivity contribution in [3.63, 3.8) is 0 Å². The van der Waals surface area contributed by atoms with Crippen molar-refractivity contribution in [3.05, 3.63) is 119 Å². The summed E-state index contributed by atoms with van der Waals surface area (Å²) in [5, 5.41) is 70.8. The number of hydrogen-bond donors (Lipinski definition) is 8. The van der Waals surface area contributed by atoms with Gasteiger partial charge in [-0.2, -0.15) is 49.0 Å². The number of rotatable bonds is 14. The van der Waals surface area contributed by atoms with Crippen LogP contribution in [0.3, 0.4) is 0 Å². The number of nitro benzene ring substituents is 1. The number of nitro groups is 1. The van der Waals surface area contributed by atoms with Crippen LogP contribution in [0.1, 0.15) is 10.4 Å². The minimum atomic E-state index is -5.53. The monoisotopic (exact) mass is 1290 g/mol. The summed E-state index contributed by atoms with van der Waals surface area (Å²) in [4.78, 5) is 16.8. The second kappa shape index (κ2) is 26.7. The van der Waals surface area contributed by atoms with E-state index in [9.17, 15) is 77.0 Å². The predicted octanol–water partition coefficient (Wildman–Crippen LogP) is 6.23. The number of aromatic carboxylic acids is 1. The molecule has 9 N–H and O–H groups in total. The molecule has 37 nitrogen and oxygen atoms in total. The van der Waals surface area contributed by atoms with E-state index in [-0.39, 0.29) is 16.9 Å². The summed E-state index contributed by atoms with van der Waals surface area (Å²) < 4.78 is 217. The minimum absolute atomic E-state index is 0.0282. The maximum atomic E-state index is 13.0. The van der Waals surface area contributed by atoms with E-state index in [1.807, 2.05) is 0 Å². The standard InChI is InChI=1S/C39H26N10O18S4.3O3S/c40-34-29(17-30(68(56,57)58)24-11-13-27(37(51)33(24)34)45-44-26-12-9-22(49(54)55)15-31(26)69(59,60)61)47-46-28-14-10-23-25(38(28)71(65,66)67)16-32(70(62,63)64)35(36(23)50)48-43-21-7-5-20(6-8-21)42-41-19-3-1-18(2-4-19)39(52)53;3*1-4(2)3/h1-17,50-51H,40H2,(H,52,53)(H,56,57,58)(H,59,60,61)(H,62,63,64)(H,65,66,67);;;. The average molecular weight is 1290 g/mol. The van der Waals surface area contributed by atoms with E-state index in [4.69, 9.17) is 48.7 Å². The fraction of sp³-hybridized carbons (Fsp3) is 0. The zero-order valence-corrected chi connectivity index (χ0v) is 45.3. The smallest absolute Gasteiger partial charge is 0.425 e. The van der Waals surface area contributed by atoms with Gasteiger partial charge in [0.15, 0.2) is 11.5 Å². The second-order valence-electron chi connectivity index (χ2n) is 14.8. The molecule has 0 radical (unpaired) electrons. The molecule has 44 heteroatoms. The molecule has 0 fully saturated rings. The molecule has 0 bridgehead atoms. The molecule has 0 heterocycles. The van der Waals surface area contributed by atoms with Crippen LogP contribution >= 0.6 is 0 Å². The van der Waals surface area contributed by atoms with E-state index in [0.29, 0.717) is 23.9 Å². The number of phenolic OH excluding ortho intramolecular Hbond substituents is 2. The van der Waals surface area contributed by atoms with Crippen LogP contribution in [0.25, 0.3) is 21.5 Å². The third kappa shape index (κ3) is 17.9. The first-order chi connectivity index (χ1) is 38.3. The van der Waals surface area contributed by atoms with Crippen LogP contribution in [-0.2, 0) is 72.3 Å². The maximum Gasteiger partial charge on any atom is 0.425 e. The summed E-state index contributed by atoms with van der Waals surface area (Å²) in [6.45, 7) is 0. The Morgan fingerprint density at radius 3 is 1.33 bits per heavy atom. The molecular formula is C39H26N10O27S7. The van der Waals surface area contributed by atoms with Crippen LogP contribution in [0.2, 0.25) is 0 Å². The van der Waals surface area contributed by atoms with Crippen LogP contribution < -0.4 is 5.73 Å². The number of hydrogen-bond acceptors (Lipinski definition) is 31. The number of carboxylic acids is 1. The molecule has 7 rings (SSSR count). The Kier molecular flexibility index (Phi) is 21.1. The highest BCUT2D eigenvalue weighted by atomic mass is 32.2. The van der Waals surface area contributed by atoms with Gasteiger partial charge < -0.3 is 21.1 Å². The SMILES string of the molecule is Nc1c(N=Nc2ccc3c(O)c(N=Nc4ccc(N=Nc5ccc(C(=O)O)cc5)cc4)c(S(=O)(=O)O)cc3c2S(=O)(=O)O)cc(S(=O)(=O)O)c2ccc(N=Nc3ccc([N+](=O)[O-])cc3S(=O)(=O)O)c(O)c12.O=S(=O)=O.O=S(=O)=O.O=S(=O)=O. The molecule has 0 saturated carbocycles. The van der Waals surface area contributed by atoms with Crippen molar-refractivity contribution in [1.29, 1.82) is 0 Å². The first-order valence-corrected chi connectivity index (χ1v) is 29.1. The van der Waals surface area contributed by atoms with Crippen LogP contribution in [0.15, 0.2) is 164 Å². The molecule has 0 aliphatic rings. The van der Waals surface area contributed by atoms with Gasteiger partial charge in [0.2, 0.25) is 0 Å². The number of nitrogens with two attached hydrogens (primary N) is 1. The first kappa shape index (κ1) is 65.7. The van der Waals surface area contributed by atoms with Gasteiger partial charge >= 0.3 is 37.8 Å². The zero-order valence-electron chi connectivity index (χ0n) is 39.6. The van der Waals surface area contributed by atoms with Gasteiger partial charge in [0.1, 0.15) is 48.0 Å². The van der Waals surface area contributed by atoms with Gasteiger partial charge in [-0.25, -0.2) is 4.79 Å². The van der Waals surface area contributed by atoms with E-state index in [1.165, 1.54) is 48.5 Å². The fourth-order valence-corrected chi connectivity index (χ4v) is 9.29. The quantitative estimate of drug-likeness (QED) is 0.0197. The lowest BCUT2D eigenvalue weighted by Crippen LogP contribution is -2.03. The third-order valence-electron chi connectivity index (χ3n) is 9.69. The lowest BCUT2D eigenvalue weighted by molar-refractivity contribution is -0.385. The summed E-state index contributed by atoms with van der Waals surface area (Å²) in [5.41, 5.74) is 1.78. The molecule has 0 unspecified atom stereocenters. The Morgan fingerprint density at radius 1 is 0.458 bits per heavy atom. The van der Waals surface area contributed by atoms with E-state index >= 15 is 0 Å². The average Bonchev–Trinajstić information content (AvgIpc) is 1.83. The molecule has 0 amide bonds. The van der Waals surface area contributed by atoms with Crippen molar-refractivity contribution < 1.29 is 115 Å². The number of phenols is 2. The highest BCUT2D eigenvalue weighted by Gasteiger charge is 2.29. The maximum absolute atomic E-state index is 13.0. The molecule has 0 aromatic heterocycles. The summed E-state index contributed by atoms with van der Waals surface area (Å²) in [6, 6.07) is 17.8. The van der Waals surface area contributed by atoms with Gasteiger partial charge in [-0.15, -0.1) is 63.5 Å². The fourth-order valence-electron chi connectivity index (χ4n) is 6.47. The zero-order chi connectivity index (χ0) is 62.7. The number of nitrogen functional groups attached to an aromatic ring is 1. The molecule has 436 valence electrons. The largest absolute Gasteiger partial charge is 0.505 e. The third-order valence-corrected chi connectivity index (χ3v) is 13.3. The predicted molar refractivity (Wildman–Crippen MR) is 274 cm³/mol. The number of fused-ring (bicyclic) bond motifs is 2. The van der Waals surface area contributed by atoms with Gasteiger partial charge in [0, 0.05) is 28.3 Å². The summed E-state index contributed by atoms with van der Waals surface area (Å²) in [5.74, 6) is -3.23. The van der Waals surface area contributed by atoms with Crippen LogP contribution in [-0.4, -0.2) is 116 Å². The van der Waals surface area contributed by atoms with E-state index < -0.39 is 176 Å². The summed E-state index contributed by atoms with van der Waals surface area (Å²) in [6.07, 6.45) is 0. The Hall–Kier alpha value is -9.77. The Labute approximate surface area is 465 Å². The van der Waals surface area contributed by atoms with E-state index in [0.717, 1.165) is 36.4 Å². The molecule has 0 atom stereocenters. The lowest BCUT2D eigenvalue weighted by atomic mass is 10.1. The number of anilines is 1. The Balaban J connectivity index is 0.00000112. The molecule has 0 aliphatic heterocycles. The molecule has 0 spiro atoms. The van der Waals surface area contributed by atoms with Gasteiger partial charge in [-0.05, 0) is 84.9 Å². The molecule has 0 saturated heterocycles. The number of non-ortho nitro benzene ring substituents is 1. The molecule has 7 aromatic rings. The number of nitrogens with zero attached hydrogens (tertiary/aromatic N) is 9. The van der Waals surface area contributed by atoms with Crippen LogP contribution in [0.4, 0.5) is 56.9 Å². The van der Waals surface area contributed by atoms with Crippen molar-refractivity contribution in [2.75, 3.05) is 5.73 Å². The van der Waals surface area contributed by atoms with Crippen LogP contribution in [0, 0.1) is 10.1 Å².